The minimum absolute atomic E-state index is 0. The molecule has 1 fully saturated rings. The number of rotatable bonds is 7. The molecular weight excluding hydrogens is 415 g/mol. The van der Waals surface area contributed by atoms with Crippen molar-refractivity contribution in [3.8, 4) is 5.75 Å². The lowest BCUT2D eigenvalue weighted by Gasteiger charge is -2.26. The van der Waals surface area contributed by atoms with E-state index in [4.69, 9.17) is 4.74 Å². The van der Waals surface area contributed by atoms with Gasteiger partial charge < -0.3 is 20.3 Å². The van der Waals surface area contributed by atoms with E-state index in [9.17, 15) is 0 Å². The average Bonchev–Trinajstić information content (AvgIpc) is 2.59. The van der Waals surface area contributed by atoms with Crippen LogP contribution in [-0.4, -0.2) is 57.2 Å². The van der Waals surface area contributed by atoms with Crippen LogP contribution in [0.1, 0.15) is 24.8 Å². The summed E-state index contributed by atoms with van der Waals surface area (Å²) < 4.78 is 5.70. The minimum Gasteiger partial charge on any atom is -0.492 e. The van der Waals surface area contributed by atoms with Gasteiger partial charge in [0.1, 0.15) is 12.4 Å². The zero-order valence-electron chi connectivity index (χ0n) is 14.9. The molecule has 24 heavy (non-hydrogen) atoms. The lowest BCUT2D eigenvalue weighted by Crippen LogP contribution is -2.43. The normalized spacial score (nSPS) is 15.5. The fraction of sp³-hybridized carbons (Fsp3) is 0.611. The fourth-order valence-corrected chi connectivity index (χ4v) is 2.71. The summed E-state index contributed by atoms with van der Waals surface area (Å²) in [7, 11) is 1.80. The predicted molar refractivity (Wildman–Crippen MR) is 112 cm³/mol. The first kappa shape index (κ1) is 21.0. The lowest BCUT2D eigenvalue weighted by atomic mass is 10.1. The summed E-state index contributed by atoms with van der Waals surface area (Å²) >= 11 is 0. The number of nitrogens with zero attached hydrogens (tertiary/aromatic N) is 2. The predicted octanol–water partition coefficient (Wildman–Crippen LogP) is 2.64. The highest BCUT2D eigenvalue weighted by Crippen LogP contribution is 2.10. The number of hydrogen-bond acceptors (Lipinski definition) is 3. The third kappa shape index (κ3) is 8.19. The van der Waals surface area contributed by atoms with E-state index in [2.05, 4.69) is 39.6 Å². The van der Waals surface area contributed by atoms with Crippen LogP contribution in [0.3, 0.4) is 0 Å². The van der Waals surface area contributed by atoms with Crippen molar-refractivity contribution in [1.29, 1.82) is 0 Å². The van der Waals surface area contributed by atoms with Gasteiger partial charge in [-0.3, -0.25) is 4.99 Å². The Morgan fingerprint density at radius 3 is 2.42 bits per heavy atom. The third-order valence-corrected chi connectivity index (χ3v) is 4.08. The molecule has 1 saturated heterocycles. The number of benzene rings is 1. The Bertz CT molecular complexity index is 472. The second kappa shape index (κ2) is 12.4. The summed E-state index contributed by atoms with van der Waals surface area (Å²) in [6, 6.07) is 8.12. The Kier molecular flexibility index (Phi) is 10.8. The molecule has 0 spiro atoms. The summed E-state index contributed by atoms with van der Waals surface area (Å²) in [4.78, 5) is 6.77. The van der Waals surface area contributed by atoms with Crippen molar-refractivity contribution in [2.75, 3.05) is 46.4 Å². The van der Waals surface area contributed by atoms with E-state index in [1.54, 1.807) is 7.05 Å². The van der Waals surface area contributed by atoms with Crippen molar-refractivity contribution in [1.82, 2.24) is 15.5 Å². The maximum Gasteiger partial charge on any atom is 0.191 e. The average molecular weight is 446 g/mol. The van der Waals surface area contributed by atoms with Crippen molar-refractivity contribution in [3.05, 3.63) is 29.8 Å². The van der Waals surface area contributed by atoms with E-state index in [0.717, 1.165) is 31.3 Å². The molecule has 1 aromatic carbocycles. The quantitative estimate of drug-likeness (QED) is 0.293. The maximum atomic E-state index is 5.70. The summed E-state index contributed by atoms with van der Waals surface area (Å²) in [6.45, 7) is 7.91. The van der Waals surface area contributed by atoms with Crippen LogP contribution in [0, 0.1) is 6.92 Å². The molecule has 5 nitrogen and oxygen atoms in total. The van der Waals surface area contributed by atoms with Gasteiger partial charge >= 0.3 is 0 Å². The number of likely N-dealkylation sites (tertiary alicyclic amines) is 1. The van der Waals surface area contributed by atoms with Crippen LogP contribution >= 0.6 is 24.0 Å². The van der Waals surface area contributed by atoms with Crippen molar-refractivity contribution < 1.29 is 4.74 Å². The van der Waals surface area contributed by atoms with Crippen LogP contribution in [0.5, 0.6) is 5.75 Å². The van der Waals surface area contributed by atoms with E-state index in [-0.39, 0.29) is 24.0 Å². The van der Waals surface area contributed by atoms with Gasteiger partial charge in [-0.15, -0.1) is 24.0 Å². The molecule has 0 atom stereocenters. The third-order valence-electron chi connectivity index (χ3n) is 4.08. The Morgan fingerprint density at radius 2 is 1.75 bits per heavy atom. The molecule has 0 radical (unpaired) electrons. The maximum absolute atomic E-state index is 5.70. The van der Waals surface area contributed by atoms with Crippen LogP contribution in [-0.2, 0) is 0 Å². The summed E-state index contributed by atoms with van der Waals surface area (Å²) in [5, 5.41) is 6.65. The van der Waals surface area contributed by atoms with Gasteiger partial charge in [0.05, 0.1) is 6.54 Å². The van der Waals surface area contributed by atoms with E-state index >= 15 is 0 Å². The van der Waals surface area contributed by atoms with Crippen LogP contribution in [0.2, 0.25) is 0 Å². The molecule has 0 saturated carbocycles. The van der Waals surface area contributed by atoms with Crippen LogP contribution in [0.25, 0.3) is 0 Å². The number of guanidine groups is 1. The second-order valence-corrected chi connectivity index (χ2v) is 5.99. The number of hydrogen-bond donors (Lipinski definition) is 2. The Labute approximate surface area is 163 Å². The van der Waals surface area contributed by atoms with Gasteiger partial charge in [-0.25, -0.2) is 0 Å². The number of halogens is 1. The van der Waals surface area contributed by atoms with Gasteiger partial charge in [0.25, 0.3) is 0 Å². The molecule has 0 aliphatic carbocycles. The molecule has 0 amide bonds. The minimum atomic E-state index is 0. The lowest BCUT2D eigenvalue weighted by molar-refractivity contribution is 0.232. The highest BCUT2D eigenvalue weighted by Gasteiger charge is 2.09. The first-order valence-electron chi connectivity index (χ1n) is 8.64. The van der Waals surface area contributed by atoms with Crippen molar-refractivity contribution in [2.45, 2.75) is 26.2 Å². The topological polar surface area (TPSA) is 48.9 Å². The monoisotopic (exact) mass is 446 g/mol. The fourth-order valence-electron chi connectivity index (χ4n) is 2.71. The van der Waals surface area contributed by atoms with Crippen LogP contribution in [0.4, 0.5) is 0 Å². The van der Waals surface area contributed by atoms with Crippen molar-refractivity contribution in [3.63, 3.8) is 0 Å². The largest absolute Gasteiger partial charge is 0.492 e. The number of aryl methyl sites for hydroxylation is 1. The van der Waals surface area contributed by atoms with Gasteiger partial charge in [0, 0.05) is 20.1 Å². The Balaban J connectivity index is 0.00000288. The number of nitrogens with one attached hydrogen (secondary N) is 2. The molecule has 0 bridgehead atoms. The molecule has 2 N–H and O–H groups in total. The molecule has 2 rings (SSSR count). The smallest absolute Gasteiger partial charge is 0.191 e. The van der Waals surface area contributed by atoms with Crippen LogP contribution < -0.4 is 15.4 Å². The molecule has 6 heteroatoms. The molecule has 1 aliphatic rings. The molecule has 136 valence electrons. The zero-order valence-corrected chi connectivity index (χ0v) is 17.2. The van der Waals surface area contributed by atoms with E-state index in [0.29, 0.717) is 6.61 Å². The molecule has 1 heterocycles. The zero-order chi connectivity index (χ0) is 16.3. The molecule has 1 aliphatic heterocycles. The molecular formula is C18H31IN4O. The molecule has 0 aromatic heterocycles. The highest BCUT2D eigenvalue weighted by molar-refractivity contribution is 14.0. The van der Waals surface area contributed by atoms with Crippen molar-refractivity contribution >= 4 is 29.9 Å². The van der Waals surface area contributed by atoms with Crippen LogP contribution in [0.15, 0.2) is 29.3 Å². The second-order valence-electron chi connectivity index (χ2n) is 5.99. The highest BCUT2D eigenvalue weighted by atomic mass is 127. The standard InChI is InChI=1S/C18H30N4O.HI/c1-16-6-8-17(9-7-16)23-15-11-21-18(19-2)20-10-14-22-12-4-3-5-13-22;/h6-9H,3-5,10-15H2,1-2H3,(H2,19,20,21);1H. The van der Waals surface area contributed by atoms with E-state index in [1.807, 2.05) is 12.1 Å². The van der Waals surface area contributed by atoms with E-state index < -0.39 is 0 Å². The summed E-state index contributed by atoms with van der Waals surface area (Å²) in [5.41, 5.74) is 1.24. The first-order chi connectivity index (χ1) is 11.3. The van der Waals surface area contributed by atoms with Gasteiger partial charge in [0.15, 0.2) is 5.96 Å². The number of piperidine rings is 1. The summed E-state index contributed by atoms with van der Waals surface area (Å²) in [5.74, 6) is 1.75. The number of ether oxygens (including phenoxy) is 1. The van der Waals surface area contributed by atoms with E-state index in [1.165, 1.54) is 37.9 Å². The van der Waals surface area contributed by atoms with Gasteiger partial charge in [0.2, 0.25) is 0 Å². The van der Waals surface area contributed by atoms with Gasteiger partial charge in [-0.1, -0.05) is 24.1 Å². The number of aliphatic imine (C=N–C) groups is 1. The van der Waals surface area contributed by atoms with Crippen molar-refractivity contribution in [2.24, 2.45) is 4.99 Å². The van der Waals surface area contributed by atoms with Gasteiger partial charge in [-0.2, -0.15) is 0 Å². The first-order valence-corrected chi connectivity index (χ1v) is 8.64. The Morgan fingerprint density at radius 1 is 1.08 bits per heavy atom. The molecule has 1 aromatic rings. The van der Waals surface area contributed by atoms with Gasteiger partial charge in [-0.05, 0) is 45.0 Å². The summed E-state index contributed by atoms with van der Waals surface area (Å²) in [6.07, 6.45) is 4.06. The molecule has 0 unspecified atom stereocenters. The Hall–Kier alpha value is -1.02. The SMILES string of the molecule is CN=C(NCCOc1ccc(C)cc1)NCCN1CCCCC1.I.